The molecule has 0 saturated heterocycles. The lowest BCUT2D eigenvalue weighted by Gasteiger charge is -2.02. The highest BCUT2D eigenvalue weighted by Gasteiger charge is 1.89. The molecule has 1 aromatic heterocycles. The van der Waals surface area contributed by atoms with Crippen LogP contribution in [-0.4, -0.2) is 5.75 Å². The molecule has 0 saturated carbocycles. The summed E-state index contributed by atoms with van der Waals surface area (Å²) in [6.45, 7) is 0. The largest absolute Gasteiger partial charge is 0.652 e. The third kappa shape index (κ3) is 3.01. The molecule has 0 aliphatic rings. The van der Waals surface area contributed by atoms with E-state index in [9.17, 15) is 0 Å². The number of benzene rings is 2. The minimum Gasteiger partial charge on any atom is -0.652 e. The Labute approximate surface area is 117 Å². The lowest BCUT2D eigenvalue weighted by molar-refractivity contribution is 1.21. The van der Waals surface area contributed by atoms with Crippen LogP contribution in [0, 0.1) is 11.8 Å². The van der Waals surface area contributed by atoms with Crippen molar-refractivity contribution in [3.8, 4) is 11.8 Å². The molecule has 0 fully saturated rings. The quantitative estimate of drug-likeness (QED) is 0.513. The van der Waals surface area contributed by atoms with E-state index in [1.807, 2.05) is 48.5 Å². The number of nitrogens with zero attached hydrogens (tertiary/aromatic N) is 1. The Morgan fingerprint density at radius 3 is 2.58 bits per heavy atom. The second-order valence-corrected chi connectivity index (χ2v) is 5.11. The number of hydrogen-bond donors (Lipinski definition) is 0. The molecule has 1 nitrogen and oxygen atoms in total. The van der Waals surface area contributed by atoms with E-state index in [4.69, 9.17) is 0 Å². The maximum atomic E-state index is 4.55. The van der Waals surface area contributed by atoms with Crippen LogP contribution in [0.2, 0.25) is 0 Å². The molecule has 3 rings (SSSR count). The van der Waals surface area contributed by atoms with Gasteiger partial charge in [-0.1, -0.05) is 60.4 Å². The minimum atomic E-state index is 0.762. The number of para-hydroxylation sites is 1. The summed E-state index contributed by atoms with van der Waals surface area (Å²) in [5.74, 6) is 7.08. The number of hydrogen-bond acceptors (Lipinski definition) is 1. The third-order valence-corrected chi connectivity index (χ3v) is 3.54. The molecule has 92 valence electrons. The van der Waals surface area contributed by atoms with Crippen molar-refractivity contribution in [3.63, 3.8) is 0 Å². The molecular formula is C17H12NS-. The molecule has 0 bridgehead atoms. The summed E-state index contributed by atoms with van der Waals surface area (Å²) >= 11 is 1.68. The van der Waals surface area contributed by atoms with Crippen LogP contribution in [0.1, 0.15) is 5.56 Å². The molecule has 2 aromatic carbocycles. The van der Waals surface area contributed by atoms with E-state index in [1.54, 1.807) is 11.8 Å². The fraction of sp³-hybridized carbons (Fsp3) is 0.0588. The first kappa shape index (κ1) is 12.0. The number of fused-ring (bicyclic) bond motifs is 1. The molecule has 19 heavy (non-hydrogen) atoms. The van der Waals surface area contributed by atoms with Crippen LogP contribution >= 0.6 is 11.8 Å². The number of aromatic nitrogens is 1. The highest BCUT2D eigenvalue weighted by molar-refractivity contribution is 7.99. The van der Waals surface area contributed by atoms with Crippen molar-refractivity contribution in [2.45, 2.75) is 5.03 Å². The average molecular weight is 262 g/mol. The van der Waals surface area contributed by atoms with E-state index in [-0.39, 0.29) is 0 Å². The predicted octanol–water partition coefficient (Wildman–Crippen LogP) is 3.94. The highest BCUT2D eigenvalue weighted by atomic mass is 32.2. The van der Waals surface area contributed by atoms with Gasteiger partial charge < -0.3 is 4.98 Å². The van der Waals surface area contributed by atoms with Gasteiger partial charge in [-0.2, -0.15) is 0 Å². The lowest BCUT2D eigenvalue weighted by atomic mass is 10.2. The van der Waals surface area contributed by atoms with Gasteiger partial charge in [0.05, 0.1) is 5.75 Å². The van der Waals surface area contributed by atoms with Crippen LogP contribution < -0.4 is 4.98 Å². The Morgan fingerprint density at radius 1 is 0.947 bits per heavy atom. The maximum absolute atomic E-state index is 4.55. The van der Waals surface area contributed by atoms with Gasteiger partial charge in [0.25, 0.3) is 0 Å². The Balaban J connectivity index is 1.65. The summed E-state index contributed by atoms with van der Waals surface area (Å²) in [5.41, 5.74) is 2.12. The normalized spacial score (nSPS) is 10.1. The van der Waals surface area contributed by atoms with E-state index in [0.29, 0.717) is 0 Å². The second kappa shape index (κ2) is 5.69. The van der Waals surface area contributed by atoms with Gasteiger partial charge in [-0.15, -0.1) is 22.3 Å². The molecule has 0 aliphatic heterocycles. The highest BCUT2D eigenvalue weighted by Crippen LogP contribution is 2.21. The smallest absolute Gasteiger partial charge is 0.0580 e. The molecular weight excluding hydrogens is 250 g/mol. The van der Waals surface area contributed by atoms with E-state index in [2.05, 4.69) is 29.0 Å². The van der Waals surface area contributed by atoms with Crippen molar-refractivity contribution in [2.24, 2.45) is 0 Å². The fourth-order valence-corrected chi connectivity index (χ4v) is 2.50. The number of thioether (sulfide) groups is 1. The standard InChI is InChI=1S/C17H12NS/c1-2-7-14(8-3-1)9-6-12-19-17-13-15-10-4-5-11-16(15)18-17/h1-5,7-8,10-11,13H,12H2/q-1. The molecule has 3 aromatic rings. The van der Waals surface area contributed by atoms with E-state index in [1.165, 1.54) is 5.39 Å². The fourth-order valence-electron chi connectivity index (χ4n) is 1.84. The van der Waals surface area contributed by atoms with Gasteiger partial charge in [0.2, 0.25) is 0 Å². The van der Waals surface area contributed by atoms with Crippen molar-refractivity contribution in [3.05, 3.63) is 66.2 Å². The molecule has 0 amide bonds. The Bertz CT molecular complexity index is 699. The van der Waals surface area contributed by atoms with Gasteiger partial charge in [-0.05, 0) is 17.5 Å². The summed E-state index contributed by atoms with van der Waals surface area (Å²) in [5, 5.41) is 2.24. The van der Waals surface area contributed by atoms with Crippen LogP contribution in [0.3, 0.4) is 0 Å². The molecule has 0 radical (unpaired) electrons. The summed E-state index contributed by atoms with van der Waals surface area (Å²) in [4.78, 5) is 4.55. The molecule has 0 unspecified atom stereocenters. The van der Waals surface area contributed by atoms with Crippen LogP contribution in [0.5, 0.6) is 0 Å². The Morgan fingerprint density at radius 2 is 1.74 bits per heavy atom. The first-order valence-electron chi connectivity index (χ1n) is 6.11. The van der Waals surface area contributed by atoms with Crippen molar-refractivity contribution in [1.82, 2.24) is 4.98 Å². The van der Waals surface area contributed by atoms with Crippen molar-refractivity contribution in [1.29, 1.82) is 0 Å². The molecule has 1 heterocycles. The van der Waals surface area contributed by atoms with Gasteiger partial charge in [0.15, 0.2) is 0 Å². The molecule has 0 atom stereocenters. The monoisotopic (exact) mass is 262 g/mol. The zero-order valence-electron chi connectivity index (χ0n) is 10.3. The molecule has 2 heteroatoms. The molecule has 0 spiro atoms. The van der Waals surface area contributed by atoms with Crippen LogP contribution in [-0.2, 0) is 0 Å². The van der Waals surface area contributed by atoms with Crippen LogP contribution in [0.15, 0.2) is 65.7 Å². The van der Waals surface area contributed by atoms with Crippen molar-refractivity contribution >= 4 is 22.7 Å². The zero-order chi connectivity index (χ0) is 12.9. The lowest BCUT2D eigenvalue weighted by Crippen LogP contribution is -1.77. The summed E-state index contributed by atoms with van der Waals surface area (Å²) in [6.07, 6.45) is 0. The van der Waals surface area contributed by atoms with Gasteiger partial charge in [0, 0.05) is 5.56 Å². The minimum absolute atomic E-state index is 0.762. The molecule has 0 aliphatic carbocycles. The summed E-state index contributed by atoms with van der Waals surface area (Å²) in [7, 11) is 0. The first-order valence-corrected chi connectivity index (χ1v) is 7.09. The summed E-state index contributed by atoms with van der Waals surface area (Å²) < 4.78 is 0. The van der Waals surface area contributed by atoms with Gasteiger partial charge in [0.1, 0.15) is 0 Å². The zero-order valence-corrected chi connectivity index (χ0v) is 11.2. The summed E-state index contributed by atoms with van der Waals surface area (Å²) in [6, 6.07) is 20.3. The first-order chi connectivity index (χ1) is 9.42. The number of rotatable bonds is 2. The van der Waals surface area contributed by atoms with Crippen LogP contribution in [0.25, 0.3) is 10.9 Å². The maximum Gasteiger partial charge on any atom is 0.0580 e. The average Bonchev–Trinajstić information content (AvgIpc) is 2.87. The third-order valence-electron chi connectivity index (χ3n) is 2.75. The van der Waals surface area contributed by atoms with Gasteiger partial charge >= 0.3 is 0 Å². The van der Waals surface area contributed by atoms with E-state index < -0.39 is 0 Å². The Kier molecular flexibility index (Phi) is 3.58. The van der Waals surface area contributed by atoms with Crippen molar-refractivity contribution < 1.29 is 0 Å². The topological polar surface area (TPSA) is 14.1 Å². The Hall–Kier alpha value is -2.11. The van der Waals surface area contributed by atoms with Gasteiger partial charge in [-0.25, -0.2) is 0 Å². The van der Waals surface area contributed by atoms with E-state index >= 15 is 0 Å². The molecule has 0 N–H and O–H groups in total. The van der Waals surface area contributed by atoms with Crippen molar-refractivity contribution in [2.75, 3.05) is 5.75 Å². The SMILES string of the molecule is C(#Cc1ccccc1)CSc1cc2ccccc2[n-]1. The predicted molar refractivity (Wildman–Crippen MR) is 81.3 cm³/mol. The van der Waals surface area contributed by atoms with Crippen LogP contribution in [0.4, 0.5) is 0 Å². The van der Waals surface area contributed by atoms with E-state index in [0.717, 1.165) is 21.9 Å². The second-order valence-electron chi connectivity index (χ2n) is 4.11. The van der Waals surface area contributed by atoms with Gasteiger partial charge in [-0.3, -0.25) is 0 Å².